The fourth-order valence-corrected chi connectivity index (χ4v) is 0.798. The molecule has 1 heterocycles. The minimum absolute atomic E-state index is 0.679. The number of hydrogen-bond acceptors (Lipinski definition) is 3. The summed E-state index contributed by atoms with van der Waals surface area (Å²) in [5, 5.41) is 10.9. The van der Waals surface area contributed by atoms with Crippen LogP contribution in [-0.2, 0) is 7.05 Å². The van der Waals surface area contributed by atoms with Crippen LogP contribution in [0.2, 0.25) is 0 Å². The zero-order valence-electron chi connectivity index (χ0n) is 6.28. The number of aromatic nitrogens is 2. The molecule has 4 nitrogen and oxygen atoms in total. The molecule has 3 N–H and O–H groups in total. The van der Waals surface area contributed by atoms with Crippen molar-refractivity contribution >= 4 is 11.8 Å². The molecular weight excluding hydrogens is 140 g/mol. The summed E-state index contributed by atoms with van der Waals surface area (Å²) in [7, 11) is 1.82. The Labute approximate surface area is 64.8 Å². The summed E-state index contributed by atoms with van der Waals surface area (Å²) in [5.74, 6) is 0. The number of aryl methyl sites for hydroxylation is 1. The molecule has 0 aliphatic carbocycles. The van der Waals surface area contributed by atoms with E-state index in [1.807, 2.05) is 13.2 Å². The predicted octanol–water partition coefficient (Wildman–Crippen LogP) is 0.369. The van der Waals surface area contributed by atoms with Crippen molar-refractivity contribution in [3.63, 3.8) is 0 Å². The maximum Gasteiger partial charge on any atom is 0.0569 e. The van der Waals surface area contributed by atoms with Crippen LogP contribution < -0.4 is 5.73 Å². The van der Waals surface area contributed by atoms with Crippen molar-refractivity contribution in [3.8, 4) is 0 Å². The molecule has 0 spiro atoms. The van der Waals surface area contributed by atoms with Gasteiger partial charge < -0.3 is 11.1 Å². The van der Waals surface area contributed by atoms with Crippen molar-refractivity contribution in [1.82, 2.24) is 9.78 Å². The van der Waals surface area contributed by atoms with E-state index in [1.54, 1.807) is 10.9 Å². The summed E-state index contributed by atoms with van der Waals surface area (Å²) in [5.41, 5.74) is 6.82. The molecule has 0 fully saturated rings. The summed E-state index contributed by atoms with van der Waals surface area (Å²) in [6.45, 7) is 0. The quantitative estimate of drug-likeness (QED) is 0.598. The molecule has 0 bridgehead atoms. The molecule has 1 aromatic heterocycles. The van der Waals surface area contributed by atoms with Gasteiger partial charge in [0, 0.05) is 36.8 Å². The highest BCUT2D eigenvalue weighted by Crippen LogP contribution is 2.07. The SMILES string of the molecule is Cn1cc(/C(C=N)=C/N)cn1. The molecule has 0 aliphatic heterocycles. The smallest absolute Gasteiger partial charge is 0.0569 e. The molecule has 0 saturated carbocycles. The van der Waals surface area contributed by atoms with Crippen LogP contribution >= 0.6 is 0 Å². The van der Waals surface area contributed by atoms with Gasteiger partial charge in [-0.15, -0.1) is 0 Å². The van der Waals surface area contributed by atoms with Gasteiger partial charge in [0.25, 0.3) is 0 Å². The van der Waals surface area contributed by atoms with Crippen molar-refractivity contribution < 1.29 is 0 Å². The summed E-state index contributed by atoms with van der Waals surface area (Å²) >= 11 is 0. The predicted molar refractivity (Wildman–Crippen MR) is 44.2 cm³/mol. The highest BCUT2D eigenvalue weighted by molar-refractivity contribution is 6.07. The Hall–Kier alpha value is -1.58. The second-order valence-corrected chi connectivity index (χ2v) is 2.17. The molecule has 0 saturated heterocycles. The molecule has 0 atom stereocenters. The first kappa shape index (κ1) is 7.53. The average Bonchev–Trinajstić information content (AvgIpc) is 2.39. The van der Waals surface area contributed by atoms with Crippen molar-refractivity contribution in [2.75, 3.05) is 0 Å². The first-order valence-electron chi connectivity index (χ1n) is 3.19. The van der Waals surface area contributed by atoms with Crippen LogP contribution in [0.1, 0.15) is 5.56 Å². The van der Waals surface area contributed by atoms with Crippen LogP contribution in [0, 0.1) is 5.41 Å². The minimum Gasteiger partial charge on any atom is -0.404 e. The summed E-state index contributed by atoms with van der Waals surface area (Å²) in [6, 6.07) is 0. The van der Waals surface area contributed by atoms with Gasteiger partial charge in [0.05, 0.1) is 6.20 Å². The summed E-state index contributed by atoms with van der Waals surface area (Å²) in [6.07, 6.45) is 6.08. The third-order valence-corrected chi connectivity index (χ3v) is 1.37. The maximum atomic E-state index is 7.00. The Morgan fingerprint density at radius 1 is 1.82 bits per heavy atom. The van der Waals surface area contributed by atoms with Gasteiger partial charge in [-0.1, -0.05) is 0 Å². The molecule has 4 heteroatoms. The van der Waals surface area contributed by atoms with E-state index < -0.39 is 0 Å². The molecule has 0 radical (unpaired) electrons. The summed E-state index contributed by atoms with van der Waals surface area (Å²) < 4.78 is 1.67. The lowest BCUT2D eigenvalue weighted by atomic mass is 10.2. The van der Waals surface area contributed by atoms with Crippen molar-refractivity contribution in [2.45, 2.75) is 0 Å². The number of nitrogens with zero attached hydrogens (tertiary/aromatic N) is 2. The van der Waals surface area contributed by atoms with E-state index in [0.29, 0.717) is 5.57 Å². The highest BCUT2D eigenvalue weighted by atomic mass is 15.2. The lowest BCUT2D eigenvalue weighted by Gasteiger charge is -1.91. The van der Waals surface area contributed by atoms with Gasteiger partial charge in [-0.25, -0.2) is 0 Å². The molecular formula is C7H10N4. The maximum absolute atomic E-state index is 7.00. The molecule has 1 aromatic rings. The number of hydrogen-bond donors (Lipinski definition) is 2. The standard InChI is InChI=1S/C7H10N4/c1-11-5-7(4-10-11)6(2-8)3-9/h2-5,8H,9H2,1H3/b6-3+,8-2?. The van der Waals surface area contributed by atoms with E-state index >= 15 is 0 Å². The fourth-order valence-electron chi connectivity index (χ4n) is 0.798. The molecule has 0 unspecified atom stereocenters. The fraction of sp³-hybridized carbons (Fsp3) is 0.143. The first-order chi connectivity index (χ1) is 5.27. The lowest BCUT2D eigenvalue weighted by molar-refractivity contribution is 0.767. The molecule has 58 valence electrons. The van der Waals surface area contributed by atoms with Gasteiger partial charge in [0.15, 0.2) is 0 Å². The molecule has 0 aromatic carbocycles. The molecule has 11 heavy (non-hydrogen) atoms. The minimum atomic E-state index is 0.679. The molecule has 0 amide bonds. The third kappa shape index (κ3) is 1.46. The van der Waals surface area contributed by atoms with Gasteiger partial charge in [0.2, 0.25) is 0 Å². The Morgan fingerprint density at radius 2 is 2.55 bits per heavy atom. The van der Waals surface area contributed by atoms with E-state index in [1.165, 1.54) is 12.4 Å². The van der Waals surface area contributed by atoms with Gasteiger partial charge in [0.1, 0.15) is 0 Å². The average molecular weight is 150 g/mol. The number of allylic oxidation sites excluding steroid dienone is 1. The number of rotatable bonds is 2. The van der Waals surface area contributed by atoms with Crippen LogP contribution in [-0.4, -0.2) is 16.0 Å². The largest absolute Gasteiger partial charge is 0.404 e. The second kappa shape index (κ2) is 3.01. The van der Waals surface area contributed by atoms with E-state index in [0.717, 1.165) is 5.56 Å². The zero-order chi connectivity index (χ0) is 8.27. The Kier molecular flexibility index (Phi) is 2.06. The van der Waals surface area contributed by atoms with Crippen LogP contribution in [0.5, 0.6) is 0 Å². The first-order valence-corrected chi connectivity index (χ1v) is 3.19. The van der Waals surface area contributed by atoms with Crippen LogP contribution in [0.25, 0.3) is 5.57 Å². The Morgan fingerprint density at radius 3 is 2.91 bits per heavy atom. The van der Waals surface area contributed by atoms with Gasteiger partial charge in [-0.3, -0.25) is 4.68 Å². The van der Waals surface area contributed by atoms with Crippen LogP contribution in [0.15, 0.2) is 18.6 Å². The Balaban J connectivity index is 3.00. The zero-order valence-corrected chi connectivity index (χ0v) is 6.28. The summed E-state index contributed by atoms with van der Waals surface area (Å²) in [4.78, 5) is 0. The van der Waals surface area contributed by atoms with Crippen molar-refractivity contribution in [3.05, 3.63) is 24.2 Å². The van der Waals surface area contributed by atoms with E-state index in [-0.39, 0.29) is 0 Å². The van der Waals surface area contributed by atoms with Crippen molar-refractivity contribution in [2.24, 2.45) is 12.8 Å². The highest BCUT2D eigenvalue weighted by Gasteiger charge is 1.98. The van der Waals surface area contributed by atoms with E-state index in [9.17, 15) is 0 Å². The normalized spacial score (nSPS) is 11.5. The Bertz CT molecular complexity index is 284. The van der Waals surface area contributed by atoms with Crippen LogP contribution in [0.3, 0.4) is 0 Å². The number of nitrogens with one attached hydrogen (secondary N) is 1. The van der Waals surface area contributed by atoms with Crippen molar-refractivity contribution in [1.29, 1.82) is 5.41 Å². The van der Waals surface area contributed by atoms with Gasteiger partial charge >= 0.3 is 0 Å². The topological polar surface area (TPSA) is 67.7 Å². The van der Waals surface area contributed by atoms with Gasteiger partial charge in [-0.05, 0) is 0 Å². The third-order valence-electron chi connectivity index (χ3n) is 1.37. The second-order valence-electron chi connectivity index (χ2n) is 2.17. The van der Waals surface area contributed by atoms with E-state index in [4.69, 9.17) is 11.1 Å². The molecule has 0 aliphatic rings. The monoisotopic (exact) mass is 150 g/mol. The number of nitrogens with two attached hydrogens (primary N) is 1. The van der Waals surface area contributed by atoms with Gasteiger partial charge in [-0.2, -0.15) is 5.10 Å². The van der Waals surface area contributed by atoms with Crippen LogP contribution in [0.4, 0.5) is 0 Å². The molecule has 1 rings (SSSR count). The lowest BCUT2D eigenvalue weighted by Crippen LogP contribution is -1.88. The van der Waals surface area contributed by atoms with E-state index in [2.05, 4.69) is 5.10 Å².